The molecule has 3 aromatic rings. The molecule has 0 saturated carbocycles. The minimum atomic E-state index is -0.533. The number of carbonyl (C=O) groups excluding carboxylic acids is 2. The zero-order chi connectivity index (χ0) is 19.6. The van der Waals surface area contributed by atoms with Crippen molar-refractivity contribution in [3.63, 3.8) is 0 Å². The fourth-order valence-corrected chi connectivity index (χ4v) is 3.23. The molecule has 5 N–H and O–H groups in total. The summed E-state index contributed by atoms with van der Waals surface area (Å²) in [6.07, 6.45) is 3.06. The first-order chi connectivity index (χ1) is 12.9. The number of rotatable bonds is 4. The smallest absolute Gasteiger partial charge is 0.319 e. The molecule has 3 rings (SSSR count). The average molecular weight is 408 g/mol. The van der Waals surface area contributed by atoms with E-state index in [2.05, 4.69) is 15.6 Å². The van der Waals surface area contributed by atoms with Crippen molar-refractivity contribution in [2.75, 3.05) is 24.2 Å². The normalized spacial score (nSPS) is 10.8. The number of nitrogens with zero attached hydrogens (tertiary/aromatic N) is 2. The maximum Gasteiger partial charge on any atom is 0.319 e. The molecule has 0 aliphatic carbocycles. The predicted octanol–water partition coefficient (Wildman–Crippen LogP) is 2.73. The number of aliphatic hydroxyl groups is 1. The number of aromatic nitrogens is 2. The molecule has 0 atom stereocenters. The summed E-state index contributed by atoms with van der Waals surface area (Å²) in [5.41, 5.74) is 6.79. The molecule has 0 unspecified atom stereocenters. The summed E-state index contributed by atoms with van der Waals surface area (Å²) in [4.78, 5) is 28.6. The molecule has 2 amide bonds. The lowest BCUT2D eigenvalue weighted by atomic mass is 10.2. The number of hydrogen-bond donors (Lipinski definition) is 4. The number of benzene rings is 1. The molecule has 0 saturated heterocycles. The van der Waals surface area contributed by atoms with Crippen molar-refractivity contribution in [3.8, 4) is 0 Å². The highest BCUT2D eigenvalue weighted by molar-refractivity contribution is 6.40. The molecule has 0 spiro atoms. The monoisotopic (exact) mass is 407 g/mol. The van der Waals surface area contributed by atoms with Gasteiger partial charge in [0.1, 0.15) is 5.82 Å². The molecule has 0 bridgehead atoms. The zero-order valence-electron chi connectivity index (χ0n) is 13.9. The van der Waals surface area contributed by atoms with Gasteiger partial charge in [-0.3, -0.25) is 9.36 Å². The Labute approximate surface area is 163 Å². The number of carbonyl (C=O) groups is 2. The Hall–Kier alpha value is -2.81. The third kappa shape index (κ3) is 3.82. The minimum absolute atomic E-state index is 0.0776. The second kappa shape index (κ2) is 7.83. The highest BCUT2D eigenvalue weighted by atomic mass is 35.5. The maximum atomic E-state index is 13.0. The largest absolute Gasteiger partial charge is 0.395 e. The van der Waals surface area contributed by atoms with Gasteiger partial charge < -0.3 is 21.5 Å². The highest BCUT2D eigenvalue weighted by Crippen LogP contribution is 2.31. The third-order valence-electron chi connectivity index (χ3n) is 3.78. The molecule has 8 nitrogen and oxygen atoms in total. The van der Waals surface area contributed by atoms with E-state index in [0.717, 1.165) is 0 Å². The van der Waals surface area contributed by atoms with Gasteiger partial charge in [-0.1, -0.05) is 23.2 Å². The quantitative estimate of drug-likeness (QED) is 0.529. The number of halogens is 2. The van der Waals surface area contributed by atoms with Gasteiger partial charge in [0.25, 0.3) is 5.91 Å². The van der Waals surface area contributed by atoms with Gasteiger partial charge in [0.2, 0.25) is 0 Å². The van der Waals surface area contributed by atoms with E-state index in [9.17, 15) is 9.59 Å². The van der Waals surface area contributed by atoms with Gasteiger partial charge in [-0.05, 0) is 24.3 Å². The molecule has 0 fully saturated rings. The molecular formula is C17H15Cl2N5O3. The Morgan fingerprint density at radius 3 is 2.59 bits per heavy atom. The van der Waals surface area contributed by atoms with Gasteiger partial charge in [-0.15, -0.1) is 0 Å². The number of nitrogens with one attached hydrogen (secondary N) is 2. The van der Waals surface area contributed by atoms with Gasteiger partial charge >= 0.3 is 6.03 Å². The van der Waals surface area contributed by atoms with E-state index in [1.165, 1.54) is 22.9 Å². The Balaban J connectivity index is 1.93. The fraction of sp³-hybridized carbons (Fsp3) is 0.118. The molecule has 10 heteroatoms. The molecule has 0 aliphatic rings. The van der Waals surface area contributed by atoms with Crippen molar-refractivity contribution in [2.45, 2.75) is 0 Å². The van der Waals surface area contributed by atoms with Crippen LogP contribution in [-0.4, -0.2) is 39.7 Å². The lowest BCUT2D eigenvalue weighted by Gasteiger charge is -2.12. The van der Waals surface area contributed by atoms with E-state index in [4.69, 9.17) is 34.0 Å². The van der Waals surface area contributed by atoms with E-state index in [1.807, 2.05) is 0 Å². The Bertz CT molecular complexity index is 1010. The third-order valence-corrected chi connectivity index (χ3v) is 4.37. The summed E-state index contributed by atoms with van der Waals surface area (Å²) in [6, 6.07) is 5.64. The molecule has 0 radical (unpaired) electrons. The van der Waals surface area contributed by atoms with Crippen molar-refractivity contribution in [2.24, 2.45) is 0 Å². The van der Waals surface area contributed by atoms with Crippen molar-refractivity contribution in [1.29, 1.82) is 0 Å². The van der Waals surface area contributed by atoms with E-state index in [1.54, 1.807) is 18.3 Å². The van der Waals surface area contributed by atoms with Crippen molar-refractivity contribution in [3.05, 3.63) is 52.3 Å². The summed E-state index contributed by atoms with van der Waals surface area (Å²) >= 11 is 12.5. The molecule has 140 valence electrons. The Kier molecular flexibility index (Phi) is 5.50. The first-order valence-corrected chi connectivity index (χ1v) is 8.59. The second-order valence-electron chi connectivity index (χ2n) is 5.54. The first kappa shape index (κ1) is 19.0. The number of fused-ring (bicyclic) bond motifs is 1. The van der Waals surface area contributed by atoms with Crippen LogP contribution in [0.1, 0.15) is 10.4 Å². The van der Waals surface area contributed by atoms with Crippen LogP contribution in [0.5, 0.6) is 0 Å². The number of aliphatic hydroxyl groups excluding tert-OH is 1. The van der Waals surface area contributed by atoms with Gasteiger partial charge in [-0.25, -0.2) is 9.78 Å². The minimum Gasteiger partial charge on any atom is -0.395 e. The molecule has 27 heavy (non-hydrogen) atoms. The topological polar surface area (TPSA) is 122 Å². The Morgan fingerprint density at radius 2 is 1.93 bits per heavy atom. The lowest BCUT2D eigenvalue weighted by molar-refractivity contribution is 0.0965. The fourth-order valence-electron chi connectivity index (χ4n) is 2.58. The van der Waals surface area contributed by atoms with Crippen molar-refractivity contribution >= 4 is 57.5 Å². The number of pyridine rings is 1. The van der Waals surface area contributed by atoms with E-state index in [0.29, 0.717) is 22.4 Å². The maximum absolute atomic E-state index is 13.0. The molecule has 0 aliphatic heterocycles. The van der Waals surface area contributed by atoms with E-state index in [-0.39, 0.29) is 28.8 Å². The summed E-state index contributed by atoms with van der Waals surface area (Å²) < 4.78 is 1.38. The first-order valence-electron chi connectivity index (χ1n) is 7.83. The van der Waals surface area contributed by atoms with Gasteiger partial charge in [-0.2, -0.15) is 0 Å². The molecule has 1 aromatic carbocycles. The van der Waals surface area contributed by atoms with Crippen LogP contribution in [0.25, 0.3) is 10.9 Å². The van der Waals surface area contributed by atoms with Gasteiger partial charge in [0, 0.05) is 30.0 Å². The summed E-state index contributed by atoms with van der Waals surface area (Å²) in [5.74, 6) is -0.133. The van der Waals surface area contributed by atoms with Crippen molar-refractivity contribution < 1.29 is 14.7 Å². The predicted molar refractivity (Wildman–Crippen MR) is 104 cm³/mol. The number of urea groups is 1. The van der Waals surface area contributed by atoms with Crippen LogP contribution in [-0.2, 0) is 0 Å². The molecular weight excluding hydrogens is 393 g/mol. The SMILES string of the molecule is Nc1nccc2c1ccn2C(=O)c1c(Cl)cc(NC(=O)NCCO)cc1Cl. The zero-order valence-corrected chi connectivity index (χ0v) is 15.4. The number of anilines is 2. The Morgan fingerprint density at radius 1 is 1.22 bits per heavy atom. The van der Waals surface area contributed by atoms with Crippen LogP contribution in [0, 0.1) is 0 Å². The summed E-state index contributed by atoms with van der Waals surface area (Å²) in [6.45, 7) is -0.0875. The van der Waals surface area contributed by atoms with Crippen LogP contribution < -0.4 is 16.4 Å². The van der Waals surface area contributed by atoms with Crippen LogP contribution in [0.4, 0.5) is 16.3 Å². The standard InChI is InChI=1S/C17H15Cl2N5O3/c18-11-7-9(23-17(27)22-4-6-25)8-12(19)14(11)16(26)24-5-2-10-13(24)1-3-21-15(10)20/h1-3,5,7-8,25H,4,6H2,(H2,20,21)(H2,22,23,27). The number of nitrogens with two attached hydrogens (primary N) is 1. The molecule has 2 heterocycles. The van der Waals surface area contributed by atoms with Gasteiger partial charge in [0.15, 0.2) is 0 Å². The summed E-state index contributed by atoms with van der Waals surface area (Å²) in [5, 5.41) is 14.5. The lowest BCUT2D eigenvalue weighted by Crippen LogP contribution is -2.31. The average Bonchev–Trinajstić information content (AvgIpc) is 3.04. The molecule has 2 aromatic heterocycles. The highest BCUT2D eigenvalue weighted by Gasteiger charge is 2.20. The van der Waals surface area contributed by atoms with E-state index < -0.39 is 11.9 Å². The van der Waals surface area contributed by atoms with Crippen molar-refractivity contribution in [1.82, 2.24) is 14.9 Å². The number of nitrogen functional groups attached to an aromatic ring is 1. The second-order valence-corrected chi connectivity index (χ2v) is 6.35. The van der Waals surface area contributed by atoms with Crippen LogP contribution in [0.3, 0.4) is 0 Å². The van der Waals surface area contributed by atoms with Crippen LogP contribution in [0.2, 0.25) is 10.0 Å². The number of hydrogen-bond acceptors (Lipinski definition) is 5. The van der Waals surface area contributed by atoms with Crippen LogP contribution in [0.15, 0.2) is 36.7 Å². The van der Waals surface area contributed by atoms with E-state index >= 15 is 0 Å². The van der Waals surface area contributed by atoms with Gasteiger partial charge in [0.05, 0.1) is 27.7 Å². The summed E-state index contributed by atoms with van der Waals surface area (Å²) in [7, 11) is 0. The number of amides is 2. The van der Waals surface area contributed by atoms with Crippen LogP contribution >= 0.6 is 23.2 Å².